The topological polar surface area (TPSA) is 43.2 Å². The summed E-state index contributed by atoms with van der Waals surface area (Å²) >= 11 is 13.4. The van der Waals surface area contributed by atoms with Crippen molar-refractivity contribution in [3.63, 3.8) is 0 Å². The van der Waals surface area contributed by atoms with Crippen LogP contribution in [0.3, 0.4) is 0 Å². The summed E-state index contributed by atoms with van der Waals surface area (Å²) in [6.45, 7) is 2.03. The van der Waals surface area contributed by atoms with Gasteiger partial charge in [-0.25, -0.2) is 4.98 Å². The fourth-order valence-corrected chi connectivity index (χ4v) is 3.72. The van der Waals surface area contributed by atoms with Gasteiger partial charge in [-0.05, 0) is 48.7 Å². The lowest BCUT2D eigenvalue weighted by molar-refractivity contribution is -0.370. The average molecular weight is 406 g/mol. The van der Waals surface area contributed by atoms with Crippen LogP contribution in [0.5, 0.6) is 0 Å². The number of hydrogen-bond donors (Lipinski definition) is 1. The maximum absolute atomic E-state index is 12.4. The Hall–Kier alpha value is -1.88. The number of carbonyl (C=O) groups is 1. The number of halogens is 2. The Balaban J connectivity index is 1.82. The molecule has 0 radical (unpaired) electrons. The number of thiazole rings is 1. The summed E-state index contributed by atoms with van der Waals surface area (Å²) < 4.78 is 0. The number of H-pyrrole nitrogens is 1. The van der Waals surface area contributed by atoms with E-state index in [1.54, 1.807) is 11.7 Å². The lowest BCUT2D eigenvalue weighted by atomic mass is 9.86. The first-order valence-electron chi connectivity index (χ1n) is 8.28. The van der Waals surface area contributed by atoms with E-state index in [-0.39, 0.29) is 17.9 Å². The summed E-state index contributed by atoms with van der Waals surface area (Å²) in [7, 11) is 0. The first-order valence-corrected chi connectivity index (χ1v) is 9.92. The van der Waals surface area contributed by atoms with Crippen LogP contribution in [0, 0.1) is 0 Å². The van der Waals surface area contributed by atoms with E-state index in [0.717, 1.165) is 12.0 Å². The van der Waals surface area contributed by atoms with Gasteiger partial charge in [-0.2, -0.15) is 0 Å². The molecule has 26 heavy (non-hydrogen) atoms. The van der Waals surface area contributed by atoms with Crippen LogP contribution in [-0.4, -0.2) is 11.9 Å². The van der Waals surface area contributed by atoms with E-state index < -0.39 is 0 Å². The molecular weight excluding hydrogens is 387 g/mol. The third kappa shape index (κ3) is 4.85. The van der Waals surface area contributed by atoms with Gasteiger partial charge in [0.2, 0.25) is 5.51 Å². The highest BCUT2D eigenvalue weighted by Gasteiger charge is 2.23. The fourth-order valence-electron chi connectivity index (χ4n) is 2.91. The molecule has 0 bridgehead atoms. The number of benzene rings is 2. The molecule has 0 aliphatic carbocycles. The standard InChI is InChI=1S/C20H18Cl2N2OS/c1-13(24-20(25)19-11-23-12-26-19)18(15-4-8-17(22)9-5-15)10-14-2-6-16(21)7-3-14/h2-9,11-13,18H,10H2,1H3,(H,24,25)/p+1/t13-,18+/m1/s1. The number of nitrogens with one attached hydrogen (secondary N) is 2. The molecule has 1 heterocycles. The van der Waals surface area contributed by atoms with E-state index in [1.165, 1.54) is 16.9 Å². The van der Waals surface area contributed by atoms with Crippen molar-refractivity contribution >= 4 is 40.4 Å². The molecule has 0 unspecified atom stereocenters. The van der Waals surface area contributed by atoms with Crippen molar-refractivity contribution in [3.05, 3.63) is 86.3 Å². The van der Waals surface area contributed by atoms with Gasteiger partial charge in [0.05, 0.1) is 0 Å². The van der Waals surface area contributed by atoms with Crippen LogP contribution in [0.25, 0.3) is 0 Å². The summed E-state index contributed by atoms with van der Waals surface area (Å²) in [5.41, 5.74) is 4.08. The third-order valence-corrected chi connectivity index (χ3v) is 5.64. The number of hydrogen-bond acceptors (Lipinski definition) is 2. The minimum Gasteiger partial charge on any atom is -0.348 e. The minimum absolute atomic E-state index is 0.0542. The van der Waals surface area contributed by atoms with Gasteiger partial charge < -0.3 is 5.32 Å². The molecule has 2 aromatic carbocycles. The maximum Gasteiger partial charge on any atom is 0.267 e. The molecule has 0 aliphatic rings. The molecule has 0 aliphatic heterocycles. The quantitative estimate of drug-likeness (QED) is 0.614. The molecular formula is C20H19Cl2N2OS+. The molecule has 1 amide bonds. The number of aromatic amines is 1. The minimum atomic E-state index is -0.0705. The second kappa shape index (κ2) is 8.67. The van der Waals surface area contributed by atoms with Crippen molar-refractivity contribution in [2.24, 2.45) is 0 Å². The van der Waals surface area contributed by atoms with Gasteiger partial charge in [0, 0.05) is 22.0 Å². The van der Waals surface area contributed by atoms with Crippen molar-refractivity contribution in [1.82, 2.24) is 5.32 Å². The SMILES string of the molecule is C[C@@H](NC(=O)c1c[nH+]cs1)[C@H](Cc1ccc(Cl)cc1)c1ccc(Cl)cc1. The van der Waals surface area contributed by atoms with Gasteiger partial charge >= 0.3 is 0 Å². The molecule has 0 spiro atoms. The summed E-state index contributed by atoms with van der Waals surface area (Å²) in [6, 6.07) is 15.6. The lowest BCUT2D eigenvalue weighted by Crippen LogP contribution is -2.37. The van der Waals surface area contributed by atoms with Crippen LogP contribution >= 0.6 is 34.5 Å². The number of rotatable bonds is 6. The molecule has 2 atom stereocenters. The zero-order valence-electron chi connectivity index (χ0n) is 14.2. The molecule has 0 saturated heterocycles. The summed E-state index contributed by atoms with van der Waals surface area (Å²) in [4.78, 5) is 16.0. The second-order valence-electron chi connectivity index (χ2n) is 6.16. The maximum atomic E-state index is 12.4. The van der Waals surface area contributed by atoms with Gasteiger partial charge in [0.1, 0.15) is 0 Å². The molecule has 3 aromatic rings. The summed E-state index contributed by atoms with van der Waals surface area (Å²) in [6.07, 6.45) is 2.50. The summed E-state index contributed by atoms with van der Waals surface area (Å²) in [5.74, 6) is 0.0418. The zero-order valence-corrected chi connectivity index (χ0v) is 16.5. The van der Waals surface area contributed by atoms with Gasteiger partial charge in [-0.15, -0.1) is 0 Å². The first-order chi connectivity index (χ1) is 12.5. The van der Waals surface area contributed by atoms with E-state index in [2.05, 4.69) is 10.3 Å². The molecule has 0 fully saturated rings. The molecule has 6 heteroatoms. The second-order valence-corrected chi connectivity index (χ2v) is 7.95. The van der Waals surface area contributed by atoms with E-state index in [9.17, 15) is 4.79 Å². The Kier molecular flexibility index (Phi) is 6.30. The summed E-state index contributed by atoms with van der Waals surface area (Å²) in [5, 5.41) is 4.53. The highest BCUT2D eigenvalue weighted by molar-refractivity contribution is 7.11. The molecule has 3 rings (SSSR count). The van der Waals surface area contributed by atoms with Crippen LogP contribution in [0.1, 0.15) is 33.6 Å². The monoisotopic (exact) mass is 405 g/mol. The van der Waals surface area contributed by atoms with E-state index in [4.69, 9.17) is 23.2 Å². The van der Waals surface area contributed by atoms with E-state index in [0.29, 0.717) is 14.9 Å². The van der Waals surface area contributed by atoms with Gasteiger partial charge in [-0.1, -0.05) is 58.8 Å². The van der Waals surface area contributed by atoms with Crippen LogP contribution in [0.2, 0.25) is 10.0 Å². The van der Waals surface area contributed by atoms with Crippen LogP contribution < -0.4 is 10.3 Å². The Morgan fingerprint density at radius 1 is 1.08 bits per heavy atom. The molecule has 0 saturated carbocycles. The molecule has 2 N–H and O–H groups in total. The Morgan fingerprint density at radius 2 is 1.69 bits per heavy atom. The van der Waals surface area contributed by atoms with Crippen molar-refractivity contribution < 1.29 is 9.78 Å². The normalized spacial score (nSPS) is 13.2. The highest BCUT2D eigenvalue weighted by atomic mass is 35.5. The van der Waals surface area contributed by atoms with Gasteiger partial charge in [0.25, 0.3) is 5.91 Å². The van der Waals surface area contributed by atoms with Crippen molar-refractivity contribution in [2.45, 2.75) is 25.3 Å². The lowest BCUT2D eigenvalue weighted by Gasteiger charge is -2.25. The predicted molar refractivity (Wildman–Crippen MR) is 107 cm³/mol. The number of carbonyl (C=O) groups excluding carboxylic acids is 1. The van der Waals surface area contributed by atoms with Crippen LogP contribution in [0.4, 0.5) is 0 Å². The fraction of sp³-hybridized carbons (Fsp3) is 0.200. The molecule has 1 aromatic heterocycles. The Bertz CT molecular complexity index is 849. The largest absolute Gasteiger partial charge is 0.348 e. The number of aromatic nitrogens is 1. The van der Waals surface area contributed by atoms with Gasteiger partial charge in [-0.3, -0.25) is 4.79 Å². The molecule has 134 valence electrons. The number of amides is 1. The van der Waals surface area contributed by atoms with Crippen molar-refractivity contribution in [3.8, 4) is 0 Å². The first kappa shape index (κ1) is 18.9. The van der Waals surface area contributed by atoms with E-state index >= 15 is 0 Å². The van der Waals surface area contributed by atoms with Gasteiger partial charge in [0.15, 0.2) is 11.1 Å². The van der Waals surface area contributed by atoms with Crippen LogP contribution in [0.15, 0.2) is 60.2 Å². The zero-order chi connectivity index (χ0) is 18.5. The smallest absolute Gasteiger partial charge is 0.267 e. The van der Waals surface area contributed by atoms with Crippen molar-refractivity contribution in [1.29, 1.82) is 0 Å². The van der Waals surface area contributed by atoms with E-state index in [1.807, 2.05) is 55.5 Å². The Morgan fingerprint density at radius 3 is 2.27 bits per heavy atom. The predicted octanol–water partition coefficient (Wildman–Crippen LogP) is 5.01. The van der Waals surface area contributed by atoms with Crippen molar-refractivity contribution in [2.75, 3.05) is 0 Å². The average Bonchev–Trinajstić information content (AvgIpc) is 3.17. The third-order valence-electron chi connectivity index (χ3n) is 4.32. The molecule has 3 nitrogen and oxygen atoms in total. The Labute approximate surface area is 167 Å². The highest BCUT2D eigenvalue weighted by Crippen LogP contribution is 2.27. The van der Waals surface area contributed by atoms with Crippen LogP contribution in [-0.2, 0) is 6.42 Å².